The predicted molar refractivity (Wildman–Crippen MR) is 59.2 cm³/mol. The quantitative estimate of drug-likeness (QED) is 0.593. The van der Waals surface area contributed by atoms with Gasteiger partial charge in [0, 0.05) is 13.3 Å². The van der Waals surface area contributed by atoms with E-state index in [4.69, 9.17) is 10.1 Å². The molecule has 0 atom stereocenters. The summed E-state index contributed by atoms with van der Waals surface area (Å²) >= 11 is 0. The van der Waals surface area contributed by atoms with Gasteiger partial charge in [-0.3, -0.25) is 5.41 Å². The molecule has 1 aromatic heterocycles. The third kappa shape index (κ3) is 2.34. The highest BCUT2D eigenvalue weighted by Gasteiger charge is 2.01. The van der Waals surface area contributed by atoms with Gasteiger partial charge in [0.15, 0.2) is 5.90 Å². The Morgan fingerprint density at radius 1 is 1.47 bits per heavy atom. The molecule has 78 valence electrons. The summed E-state index contributed by atoms with van der Waals surface area (Å²) in [6, 6.07) is 7.90. The van der Waals surface area contributed by atoms with Crippen molar-refractivity contribution in [2.45, 2.75) is 13.3 Å². The molecule has 0 spiro atoms. The number of aromatic amines is 1. The van der Waals surface area contributed by atoms with Gasteiger partial charge in [-0.1, -0.05) is 12.1 Å². The molecule has 0 bridgehead atoms. The van der Waals surface area contributed by atoms with Crippen LogP contribution in [0, 0.1) is 5.41 Å². The van der Waals surface area contributed by atoms with Crippen LogP contribution in [0.3, 0.4) is 0 Å². The van der Waals surface area contributed by atoms with Crippen molar-refractivity contribution in [3.05, 3.63) is 30.1 Å². The molecule has 0 aliphatic carbocycles. The molecule has 2 N–H and O–H groups in total. The summed E-state index contributed by atoms with van der Waals surface area (Å²) in [5.41, 5.74) is 2.01. The Morgan fingerprint density at radius 3 is 3.00 bits per heavy atom. The number of ether oxygens (including phenoxy) is 1. The first-order valence-electron chi connectivity index (χ1n) is 4.87. The molecule has 4 heteroatoms. The molecular weight excluding hydrogens is 190 g/mol. The van der Waals surface area contributed by atoms with Gasteiger partial charge in [-0.05, 0) is 12.1 Å². The molecule has 1 heterocycles. The number of rotatable bonds is 3. The summed E-state index contributed by atoms with van der Waals surface area (Å²) in [4.78, 5) is 7.61. The molecular formula is C11H13N3O. The SMILES string of the molecule is CC(=N)OCCc1nc2ccccc2[nH]1. The smallest absolute Gasteiger partial charge is 0.177 e. The van der Waals surface area contributed by atoms with E-state index in [9.17, 15) is 0 Å². The maximum absolute atomic E-state index is 7.11. The zero-order valence-electron chi connectivity index (χ0n) is 8.58. The number of aromatic nitrogens is 2. The van der Waals surface area contributed by atoms with Crippen LogP contribution >= 0.6 is 0 Å². The maximum atomic E-state index is 7.11. The fourth-order valence-electron chi connectivity index (χ4n) is 1.42. The molecule has 0 saturated carbocycles. The van der Waals surface area contributed by atoms with Crippen LogP contribution in [0.5, 0.6) is 0 Å². The Labute approximate surface area is 87.8 Å². The summed E-state index contributed by atoms with van der Waals surface area (Å²) in [7, 11) is 0. The van der Waals surface area contributed by atoms with E-state index in [0.717, 1.165) is 16.9 Å². The largest absolute Gasteiger partial charge is 0.481 e. The number of nitrogens with zero attached hydrogens (tertiary/aromatic N) is 1. The van der Waals surface area contributed by atoms with Gasteiger partial charge >= 0.3 is 0 Å². The molecule has 2 rings (SSSR count). The van der Waals surface area contributed by atoms with Crippen LogP contribution in [-0.2, 0) is 11.2 Å². The first kappa shape index (κ1) is 9.71. The van der Waals surface area contributed by atoms with Crippen molar-refractivity contribution in [3.63, 3.8) is 0 Å². The van der Waals surface area contributed by atoms with E-state index >= 15 is 0 Å². The molecule has 2 aromatic rings. The first-order chi connectivity index (χ1) is 7.25. The molecule has 0 aliphatic heterocycles. The minimum absolute atomic E-state index is 0.242. The molecule has 1 aromatic carbocycles. The minimum atomic E-state index is 0.242. The minimum Gasteiger partial charge on any atom is -0.481 e. The van der Waals surface area contributed by atoms with Crippen molar-refractivity contribution in [3.8, 4) is 0 Å². The third-order valence-corrected chi connectivity index (χ3v) is 2.10. The van der Waals surface area contributed by atoms with Crippen LogP contribution < -0.4 is 0 Å². The van der Waals surface area contributed by atoms with Crippen LogP contribution in [0.2, 0.25) is 0 Å². The van der Waals surface area contributed by atoms with Gasteiger partial charge in [0.25, 0.3) is 0 Å². The summed E-state index contributed by atoms with van der Waals surface area (Å²) < 4.78 is 5.07. The van der Waals surface area contributed by atoms with Crippen molar-refractivity contribution in [1.82, 2.24) is 9.97 Å². The van der Waals surface area contributed by atoms with E-state index in [1.54, 1.807) is 6.92 Å². The van der Waals surface area contributed by atoms with Gasteiger partial charge in [0.1, 0.15) is 5.82 Å². The summed E-state index contributed by atoms with van der Waals surface area (Å²) in [5, 5.41) is 7.11. The summed E-state index contributed by atoms with van der Waals surface area (Å²) in [6.07, 6.45) is 0.699. The molecule has 0 fully saturated rings. The summed E-state index contributed by atoms with van der Waals surface area (Å²) in [5.74, 6) is 1.14. The lowest BCUT2D eigenvalue weighted by Gasteiger charge is -2.00. The van der Waals surface area contributed by atoms with Gasteiger partial charge in [-0.2, -0.15) is 0 Å². The van der Waals surface area contributed by atoms with E-state index in [1.165, 1.54) is 0 Å². The standard InChI is InChI=1S/C11H13N3O/c1-8(12)15-7-6-11-13-9-4-2-3-5-10(9)14-11/h2-5,12H,6-7H2,1H3,(H,13,14). The number of para-hydroxylation sites is 2. The predicted octanol–water partition coefficient (Wildman–Crippen LogP) is 2.12. The molecule has 0 saturated heterocycles. The third-order valence-electron chi connectivity index (χ3n) is 2.10. The lowest BCUT2D eigenvalue weighted by molar-refractivity contribution is 0.301. The van der Waals surface area contributed by atoms with Crippen molar-refractivity contribution in [2.75, 3.05) is 6.61 Å². The highest BCUT2D eigenvalue weighted by atomic mass is 16.5. The Balaban J connectivity index is 2.05. The Hall–Kier alpha value is -1.84. The van der Waals surface area contributed by atoms with Crippen molar-refractivity contribution < 1.29 is 4.74 Å². The lowest BCUT2D eigenvalue weighted by Crippen LogP contribution is -2.03. The fraction of sp³-hybridized carbons (Fsp3) is 0.273. The van der Waals surface area contributed by atoms with E-state index in [-0.39, 0.29) is 5.90 Å². The second-order valence-electron chi connectivity index (χ2n) is 3.36. The first-order valence-corrected chi connectivity index (χ1v) is 4.87. The van der Waals surface area contributed by atoms with Crippen molar-refractivity contribution >= 4 is 16.9 Å². The van der Waals surface area contributed by atoms with Crippen LogP contribution in [0.15, 0.2) is 24.3 Å². The molecule has 0 radical (unpaired) electrons. The number of nitrogens with one attached hydrogen (secondary N) is 2. The Bertz CT molecular complexity index is 442. The van der Waals surface area contributed by atoms with E-state index in [2.05, 4.69) is 9.97 Å². The van der Waals surface area contributed by atoms with Gasteiger partial charge in [-0.25, -0.2) is 4.98 Å². The van der Waals surface area contributed by atoms with Gasteiger partial charge in [0.05, 0.1) is 17.6 Å². The number of benzene rings is 1. The van der Waals surface area contributed by atoms with Gasteiger partial charge < -0.3 is 9.72 Å². The molecule has 4 nitrogen and oxygen atoms in total. The summed E-state index contributed by atoms with van der Waals surface area (Å²) in [6.45, 7) is 2.12. The molecule has 0 aliphatic rings. The van der Waals surface area contributed by atoms with Crippen LogP contribution in [0.25, 0.3) is 11.0 Å². The monoisotopic (exact) mass is 203 g/mol. The zero-order valence-corrected chi connectivity index (χ0v) is 8.58. The average Bonchev–Trinajstić information content (AvgIpc) is 2.59. The van der Waals surface area contributed by atoms with Gasteiger partial charge in [0.2, 0.25) is 0 Å². The van der Waals surface area contributed by atoms with Crippen LogP contribution in [0.1, 0.15) is 12.7 Å². The number of hydrogen-bond donors (Lipinski definition) is 2. The van der Waals surface area contributed by atoms with Crippen LogP contribution in [0.4, 0.5) is 0 Å². The van der Waals surface area contributed by atoms with E-state index in [0.29, 0.717) is 13.0 Å². The second kappa shape index (κ2) is 4.13. The number of H-pyrrole nitrogens is 1. The topological polar surface area (TPSA) is 61.8 Å². The number of fused-ring (bicyclic) bond motifs is 1. The highest BCUT2D eigenvalue weighted by Crippen LogP contribution is 2.10. The Morgan fingerprint density at radius 2 is 2.27 bits per heavy atom. The Kier molecular flexibility index (Phi) is 2.67. The molecule has 0 amide bonds. The fourth-order valence-corrected chi connectivity index (χ4v) is 1.42. The van der Waals surface area contributed by atoms with Crippen molar-refractivity contribution in [2.24, 2.45) is 0 Å². The number of imidazole rings is 1. The average molecular weight is 203 g/mol. The maximum Gasteiger partial charge on any atom is 0.177 e. The van der Waals surface area contributed by atoms with E-state index in [1.807, 2.05) is 24.3 Å². The zero-order chi connectivity index (χ0) is 10.7. The molecule has 15 heavy (non-hydrogen) atoms. The number of hydrogen-bond acceptors (Lipinski definition) is 3. The normalized spacial score (nSPS) is 10.5. The highest BCUT2D eigenvalue weighted by molar-refractivity contribution is 5.74. The van der Waals surface area contributed by atoms with Crippen molar-refractivity contribution in [1.29, 1.82) is 5.41 Å². The molecule has 0 unspecified atom stereocenters. The van der Waals surface area contributed by atoms with Crippen LogP contribution in [-0.4, -0.2) is 22.5 Å². The lowest BCUT2D eigenvalue weighted by atomic mass is 10.3. The van der Waals surface area contributed by atoms with E-state index < -0.39 is 0 Å². The second-order valence-corrected chi connectivity index (χ2v) is 3.36. The van der Waals surface area contributed by atoms with Gasteiger partial charge in [-0.15, -0.1) is 0 Å².